The molecule has 2 unspecified atom stereocenters. The monoisotopic (exact) mass is 271 g/mol. The summed E-state index contributed by atoms with van der Waals surface area (Å²) < 4.78 is 0. The summed E-state index contributed by atoms with van der Waals surface area (Å²) in [5.41, 5.74) is 2.96. The van der Waals surface area contributed by atoms with Crippen molar-refractivity contribution in [2.24, 2.45) is 0 Å². The first-order valence-electron chi connectivity index (χ1n) is 6.94. The predicted octanol–water partition coefficient (Wildman–Crippen LogP) is 4.01. The lowest BCUT2D eigenvalue weighted by Crippen LogP contribution is -2.11. The number of phenols is 1. The number of para-hydroxylation sites is 1. The molecular formula is C17H21NO2. The highest BCUT2D eigenvalue weighted by Crippen LogP contribution is 2.28. The first-order valence-corrected chi connectivity index (χ1v) is 6.94. The normalized spacial score (nSPS) is 13.8. The second kappa shape index (κ2) is 6.44. The Morgan fingerprint density at radius 3 is 2.30 bits per heavy atom. The van der Waals surface area contributed by atoms with Crippen LogP contribution in [-0.2, 0) is 0 Å². The molecule has 20 heavy (non-hydrogen) atoms. The zero-order valence-corrected chi connectivity index (χ0v) is 11.9. The van der Waals surface area contributed by atoms with E-state index in [2.05, 4.69) is 12.2 Å². The van der Waals surface area contributed by atoms with Gasteiger partial charge in [-0.2, -0.15) is 0 Å². The molecule has 0 radical (unpaired) electrons. The molecule has 0 heterocycles. The molecule has 2 aromatic carbocycles. The lowest BCUT2D eigenvalue weighted by atomic mass is 10.0. The van der Waals surface area contributed by atoms with Crippen molar-refractivity contribution >= 4 is 5.69 Å². The van der Waals surface area contributed by atoms with Crippen LogP contribution in [0.4, 0.5) is 5.69 Å². The van der Waals surface area contributed by atoms with Crippen LogP contribution in [0.1, 0.15) is 43.5 Å². The van der Waals surface area contributed by atoms with Gasteiger partial charge in [-0.25, -0.2) is 0 Å². The molecular weight excluding hydrogens is 250 g/mol. The van der Waals surface area contributed by atoms with Gasteiger partial charge in [0.1, 0.15) is 5.75 Å². The van der Waals surface area contributed by atoms with E-state index in [9.17, 15) is 10.2 Å². The SMILES string of the molecule is CCC(Nc1ccccc1C(C)O)c1ccc(O)cc1. The second-order valence-electron chi connectivity index (χ2n) is 4.96. The van der Waals surface area contributed by atoms with E-state index in [1.54, 1.807) is 19.1 Å². The van der Waals surface area contributed by atoms with E-state index in [-0.39, 0.29) is 11.8 Å². The van der Waals surface area contributed by atoms with Gasteiger partial charge in [0.05, 0.1) is 12.1 Å². The third-order valence-electron chi connectivity index (χ3n) is 3.44. The van der Waals surface area contributed by atoms with Crippen molar-refractivity contribution in [2.45, 2.75) is 32.4 Å². The van der Waals surface area contributed by atoms with Crippen LogP contribution in [-0.4, -0.2) is 10.2 Å². The quantitative estimate of drug-likeness (QED) is 0.770. The molecule has 106 valence electrons. The summed E-state index contributed by atoms with van der Waals surface area (Å²) in [5.74, 6) is 0.271. The lowest BCUT2D eigenvalue weighted by molar-refractivity contribution is 0.200. The minimum absolute atomic E-state index is 0.149. The average molecular weight is 271 g/mol. The summed E-state index contributed by atoms with van der Waals surface area (Å²) >= 11 is 0. The van der Waals surface area contributed by atoms with Crippen molar-refractivity contribution in [1.82, 2.24) is 0 Å². The molecule has 0 aromatic heterocycles. The molecule has 2 rings (SSSR count). The Labute approximate surface area is 119 Å². The van der Waals surface area contributed by atoms with E-state index in [1.165, 1.54) is 0 Å². The molecule has 0 aliphatic carbocycles. The minimum atomic E-state index is -0.504. The van der Waals surface area contributed by atoms with Crippen molar-refractivity contribution in [3.8, 4) is 5.75 Å². The molecule has 0 bridgehead atoms. The first-order chi connectivity index (χ1) is 9.61. The van der Waals surface area contributed by atoms with Crippen LogP contribution >= 0.6 is 0 Å². The van der Waals surface area contributed by atoms with Gasteiger partial charge in [-0.15, -0.1) is 0 Å². The largest absolute Gasteiger partial charge is 0.508 e. The fourth-order valence-corrected chi connectivity index (χ4v) is 2.31. The molecule has 0 saturated heterocycles. The number of hydrogen-bond donors (Lipinski definition) is 3. The molecule has 0 spiro atoms. The standard InChI is InChI=1S/C17H21NO2/c1-3-16(13-8-10-14(20)11-9-13)18-17-7-5-4-6-15(17)12(2)19/h4-12,16,18-20H,3H2,1-2H3. The first kappa shape index (κ1) is 14.4. The third-order valence-corrected chi connectivity index (χ3v) is 3.44. The summed E-state index contributed by atoms with van der Waals surface area (Å²) in [6, 6.07) is 15.2. The number of hydrogen-bond acceptors (Lipinski definition) is 3. The number of phenolic OH excluding ortho intramolecular Hbond substituents is 1. The topological polar surface area (TPSA) is 52.5 Å². The fraction of sp³-hybridized carbons (Fsp3) is 0.294. The summed E-state index contributed by atoms with van der Waals surface area (Å²) in [6.45, 7) is 3.87. The number of aliphatic hydroxyl groups excluding tert-OH is 1. The maximum atomic E-state index is 9.82. The van der Waals surface area contributed by atoms with Crippen LogP contribution in [0.2, 0.25) is 0 Å². The maximum Gasteiger partial charge on any atom is 0.115 e. The second-order valence-corrected chi connectivity index (χ2v) is 4.96. The van der Waals surface area contributed by atoms with E-state index < -0.39 is 6.10 Å². The number of rotatable bonds is 5. The smallest absolute Gasteiger partial charge is 0.115 e. The average Bonchev–Trinajstić information content (AvgIpc) is 2.46. The van der Waals surface area contributed by atoms with Crippen LogP contribution < -0.4 is 5.32 Å². The number of benzene rings is 2. The summed E-state index contributed by atoms with van der Waals surface area (Å²) in [5, 5.41) is 22.7. The van der Waals surface area contributed by atoms with Crippen LogP contribution in [0.3, 0.4) is 0 Å². The Morgan fingerprint density at radius 2 is 1.70 bits per heavy atom. The maximum absolute atomic E-state index is 9.82. The van der Waals surface area contributed by atoms with Gasteiger partial charge in [0.15, 0.2) is 0 Å². The summed E-state index contributed by atoms with van der Waals surface area (Å²) in [7, 11) is 0. The molecule has 3 nitrogen and oxygen atoms in total. The van der Waals surface area contributed by atoms with Gasteiger partial charge in [0.25, 0.3) is 0 Å². The highest BCUT2D eigenvalue weighted by atomic mass is 16.3. The number of nitrogens with one attached hydrogen (secondary N) is 1. The van der Waals surface area contributed by atoms with E-state index >= 15 is 0 Å². The van der Waals surface area contributed by atoms with Gasteiger partial charge in [-0.05, 0) is 37.1 Å². The van der Waals surface area contributed by atoms with E-state index in [0.717, 1.165) is 23.2 Å². The summed E-state index contributed by atoms with van der Waals surface area (Å²) in [4.78, 5) is 0. The minimum Gasteiger partial charge on any atom is -0.508 e. The lowest BCUT2D eigenvalue weighted by Gasteiger charge is -2.22. The van der Waals surface area contributed by atoms with Crippen LogP contribution in [0.15, 0.2) is 48.5 Å². The Bertz CT molecular complexity index is 549. The third kappa shape index (κ3) is 3.31. The zero-order chi connectivity index (χ0) is 14.5. The fourth-order valence-electron chi connectivity index (χ4n) is 2.31. The molecule has 0 fully saturated rings. The highest BCUT2D eigenvalue weighted by Gasteiger charge is 2.13. The molecule has 3 N–H and O–H groups in total. The highest BCUT2D eigenvalue weighted by molar-refractivity contribution is 5.53. The van der Waals surface area contributed by atoms with Gasteiger partial charge in [-0.1, -0.05) is 37.3 Å². The van der Waals surface area contributed by atoms with Crippen molar-refractivity contribution in [1.29, 1.82) is 0 Å². The zero-order valence-electron chi connectivity index (χ0n) is 11.9. The van der Waals surface area contributed by atoms with Gasteiger partial charge in [0, 0.05) is 11.3 Å². The van der Waals surface area contributed by atoms with Crippen molar-refractivity contribution < 1.29 is 10.2 Å². The Hall–Kier alpha value is -2.00. The Balaban J connectivity index is 2.24. The molecule has 0 saturated carbocycles. The van der Waals surface area contributed by atoms with Crippen LogP contribution in [0, 0.1) is 0 Å². The van der Waals surface area contributed by atoms with Gasteiger partial charge in [0.2, 0.25) is 0 Å². The van der Waals surface area contributed by atoms with Gasteiger partial charge >= 0.3 is 0 Å². The Morgan fingerprint density at radius 1 is 1.05 bits per heavy atom. The molecule has 2 atom stereocenters. The van der Waals surface area contributed by atoms with Crippen molar-refractivity contribution in [2.75, 3.05) is 5.32 Å². The van der Waals surface area contributed by atoms with E-state index in [4.69, 9.17) is 0 Å². The van der Waals surface area contributed by atoms with Gasteiger partial charge < -0.3 is 15.5 Å². The predicted molar refractivity (Wildman–Crippen MR) is 81.8 cm³/mol. The molecule has 0 aliphatic rings. The Kier molecular flexibility index (Phi) is 4.64. The molecule has 3 heteroatoms. The summed E-state index contributed by atoms with van der Waals surface area (Å²) in [6.07, 6.45) is 0.412. The number of anilines is 1. The van der Waals surface area contributed by atoms with Gasteiger partial charge in [-0.3, -0.25) is 0 Å². The van der Waals surface area contributed by atoms with Crippen molar-refractivity contribution in [3.63, 3.8) is 0 Å². The van der Waals surface area contributed by atoms with Crippen LogP contribution in [0.5, 0.6) is 5.75 Å². The number of aromatic hydroxyl groups is 1. The van der Waals surface area contributed by atoms with Crippen LogP contribution in [0.25, 0.3) is 0 Å². The van der Waals surface area contributed by atoms with E-state index in [1.807, 2.05) is 36.4 Å². The number of aliphatic hydroxyl groups is 1. The molecule has 2 aromatic rings. The molecule has 0 amide bonds. The van der Waals surface area contributed by atoms with E-state index in [0.29, 0.717) is 0 Å². The van der Waals surface area contributed by atoms with Crippen molar-refractivity contribution in [3.05, 3.63) is 59.7 Å². The molecule has 0 aliphatic heterocycles.